The number of pyridine rings is 1. The van der Waals surface area contributed by atoms with E-state index < -0.39 is 0 Å². The van der Waals surface area contributed by atoms with Crippen molar-refractivity contribution in [3.63, 3.8) is 0 Å². The highest BCUT2D eigenvalue weighted by atomic mass is 32.2. The number of nitrogens with zero attached hydrogens (tertiary/aromatic N) is 3. The van der Waals surface area contributed by atoms with E-state index in [1.54, 1.807) is 24.2 Å². The van der Waals surface area contributed by atoms with Crippen molar-refractivity contribution >= 4 is 29.2 Å². The van der Waals surface area contributed by atoms with Gasteiger partial charge in [0.2, 0.25) is 5.95 Å². The van der Waals surface area contributed by atoms with Gasteiger partial charge in [0.05, 0.1) is 0 Å². The fourth-order valence-corrected chi connectivity index (χ4v) is 2.75. The van der Waals surface area contributed by atoms with E-state index in [4.69, 9.17) is 5.73 Å². The number of benzene rings is 1. The summed E-state index contributed by atoms with van der Waals surface area (Å²) in [7, 11) is 0. The third-order valence-corrected chi connectivity index (χ3v) is 3.90. The van der Waals surface area contributed by atoms with E-state index in [2.05, 4.69) is 32.4 Å². The van der Waals surface area contributed by atoms with Crippen molar-refractivity contribution < 1.29 is 0 Å². The van der Waals surface area contributed by atoms with Crippen LogP contribution in [0.25, 0.3) is 0 Å². The lowest BCUT2D eigenvalue weighted by Crippen LogP contribution is -2.01. The predicted octanol–water partition coefficient (Wildman–Crippen LogP) is 3.66. The molecule has 0 atom stereocenters. The van der Waals surface area contributed by atoms with Crippen LogP contribution in [0.15, 0.2) is 64.6 Å². The summed E-state index contributed by atoms with van der Waals surface area (Å²) >= 11 is 1.69. The van der Waals surface area contributed by atoms with Gasteiger partial charge >= 0.3 is 0 Å². The monoisotopic (exact) mass is 309 g/mol. The molecule has 0 aliphatic rings. The molecule has 5 nitrogen and oxygen atoms in total. The second kappa shape index (κ2) is 6.44. The summed E-state index contributed by atoms with van der Waals surface area (Å²) in [5.74, 6) is 0.965. The average Bonchev–Trinajstić information content (AvgIpc) is 2.49. The Kier molecular flexibility index (Phi) is 4.20. The number of aromatic nitrogens is 3. The molecule has 0 spiro atoms. The Morgan fingerprint density at radius 1 is 0.955 bits per heavy atom. The molecule has 0 bridgehead atoms. The van der Waals surface area contributed by atoms with Crippen molar-refractivity contribution in [2.45, 2.75) is 16.7 Å². The van der Waals surface area contributed by atoms with E-state index in [1.807, 2.05) is 37.3 Å². The standard InChI is InChI=1S/C16H15N5S/c1-11-10-15(21-16(17)19-11)20-12-2-4-13(5-3-12)22-14-6-8-18-9-7-14/h2-10H,1H3,(H3,17,19,20,21). The van der Waals surface area contributed by atoms with Crippen LogP contribution >= 0.6 is 11.8 Å². The van der Waals surface area contributed by atoms with Gasteiger partial charge in [-0.2, -0.15) is 4.98 Å². The largest absolute Gasteiger partial charge is 0.368 e. The molecule has 1 aromatic carbocycles. The van der Waals surface area contributed by atoms with Crippen LogP contribution in [0.1, 0.15) is 5.69 Å². The Morgan fingerprint density at radius 2 is 1.64 bits per heavy atom. The first-order valence-electron chi connectivity index (χ1n) is 6.75. The molecule has 3 N–H and O–H groups in total. The summed E-state index contributed by atoms with van der Waals surface area (Å²) in [5, 5.41) is 3.23. The van der Waals surface area contributed by atoms with Gasteiger partial charge in [-0.25, -0.2) is 4.98 Å². The predicted molar refractivity (Wildman–Crippen MR) is 89.3 cm³/mol. The molecule has 0 amide bonds. The van der Waals surface area contributed by atoms with Gasteiger partial charge in [-0.1, -0.05) is 11.8 Å². The molecular weight excluding hydrogens is 294 g/mol. The van der Waals surface area contributed by atoms with Gasteiger partial charge in [0, 0.05) is 39.6 Å². The maximum atomic E-state index is 5.65. The van der Waals surface area contributed by atoms with Crippen LogP contribution < -0.4 is 11.1 Å². The molecule has 3 rings (SSSR count). The van der Waals surface area contributed by atoms with E-state index in [1.165, 1.54) is 0 Å². The van der Waals surface area contributed by atoms with E-state index >= 15 is 0 Å². The summed E-state index contributed by atoms with van der Waals surface area (Å²) in [5.41, 5.74) is 7.44. The first-order valence-corrected chi connectivity index (χ1v) is 7.57. The fraction of sp³-hybridized carbons (Fsp3) is 0.0625. The number of anilines is 3. The third-order valence-electron chi connectivity index (χ3n) is 2.88. The number of nitrogen functional groups attached to an aromatic ring is 1. The Bertz CT molecular complexity index is 739. The molecule has 22 heavy (non-hydrogen) atoms. The summed E-state index contributed by atoms with van der Waals surface area (Å²) in [6.45, 7) is 1.89. The molecular formula is C16H15N5S. The molecule has 0 unspecified atom stereocenters. The van der Waals surface area contributed by atoms with Crippen LogP contribution in [0.5, 0.6) is 0 Å². The minimum atomic E-state index is 0.271. The molecule has 3 aromatic rings. The zero-order valence-electron chi connectivity index (χ0n) is 12.0. The summed E-state index contributed by atoms with van der Waals surface area (Å²) in [6.07, 6.45) is 3.58. The van der Waals surface area contributed by atoms with Crippen LogP contribution in [-0.2, 0) is 0 Å². The highest BCUT2D eigenvalue weighted by Gasteiger charge is 2.01. The summed E-state index contributed by atoms with van der Waals surface area (Å²) in [4.78, 5) is 14.6. The van der Waals surface area contributed by atoms with Crippen LogP contribution in [0.4, 0.5) is 17.5 Å². The fourth-order valence-electron chi connectivity index (χ4n) is 1.95. The zero-order valence-corrected chi connectivity index (χ0v) is 12.8. The van der Waals surface area contributed by atoms with E-state index in [9.17, 15) is 0 Å². The van der Waals surface area contributed by atoms with Gasteiger partial charge in [0.15, 0.2) is 0 Å². The molecule has 2 heterocycles. The van der Waals surface area contributed by atoms with Gasteiger partial charge < -0.3 is 11.1 Å². The quantitative estimate of drug-likeness (QED) is 0.766. The number of nitrogens with one attached hydrogen (secondary N) is 1. The minimum Gasteiger partial charge on any atom is -0.368 e. The van der Waals surface area contributed by atoms with Crippen molar-refractivity contribution in [3.05, 3.63) is 60.6 Å². The number of hydrogen-bond acceptors (Lipinski definition) is 6. The second-order valence-electron chi connectivity index (χ2n) is 4.69. The van der Waals surface area contributed by atoms with Gasteiger partial charge in [0.1, 0.15) is 5.82 Å². The molecule has 0 fully saturated rings. The summed E-state index contributed by atoms with van der Waals surface area (Å²) in [6, 6.07) is 14.0. The Morgan fingerprint density at radius 3 is 2.32 bits per heavy atom. The highest BCUT2D eigenvalue weighted by molar-refractivity contribution is 7.99. The van der Waals surface area contributed by atoms with Crippen LogP contribution in [0, 0.1) is 6.92 Å². The lowest BCUT2D eigenvalue weighted by atomic mass is 10.3. The number of aryl methyl sites for hydroxylation is 1. The van der Waals surface area contributed by atoms with E-state index in [0.717, 1.165) is 21.2 Å². The smallest absolute Gasteiger partial charge is 0.222 e. The third kappa shape index (κ3) is 3.73. The number of hydrogen-bond donors (Lipinski definition) is 2. The van der Waals surface area contributed by atoms with E-state index in [-0.39, 0.29) is 5.95 Å². The molecule has 0 aliphatic heterocycles. The first-order chi connectivity index (χ1) is 10.7. The maximum Gasteiger partial charge on any atom is 0.222 e. The van der Waals surface area contributed by atoms with Crippen LogP contribution in [-0.4, -0.2) is 15.0 Å². The van der Waals surface area contributed by atoms with Gasteiger partial charge in [-0.3, -0.25) is 4.98 Å². The van der Waals surface area contributed by atoms with Gasteiger partial charge in [-0.15, -0.1) is 0 Å². The molecule has 0 radical (unpaired) electrons. The number of rotatable bonds is 4. The Labute approximate surface area is 133 Å². The van der Waals surface area contributed by atoms with Gasteiger partial charge in [-0.05, 0) is 43.3 Å². The SMILES string of the molecule is Cc1cc(Nc2ccc(Sc3ccncc3)cc2)nc(N)n1. The van der Waals surface area contributed by atoms with Gasteiger partial charge in [0.25, 0.3) is 0 Å². The lowest BCUT2D eigenvalue weighted by Gasteiger charge is -2.08. The average molecular weight is 309 g/mol. The van der Waals surface area contributed by atoms with Crippen LogP contribution in [0.2, 0.25) is 0 Å². The first kappa shape index (κ1) is 14.3. The van der Waals surface area contributed by atoms with Crippen molar-refractivity contribution in [1.82, 2.24) is 15.0 Å². The Balaban J connectivity index is 1.71. The molecule has 0 aliphatic carbocycles. The molecule has 2 aromatic heterocycles. The van der Waals surface area contributed by atoms with Crippen molar-refractivity contribution in [2.75, 3.05) is 11.1 Å². The van der Waals surface area contributed by atoms with Crippen molar-refractivity contribution in [1.29, 1.82) is 0 Å². The maximum absolute atomic E-state index is 5.65. The normalized spacial score (nSPS) is 10.4. The van der Waals surface area contributed by atoms with Crippen molar-refractivity contribution in [3.8, 4) is 0 Å². The highest BCUT2D eigenvalue weighted by Crippen LogP contribution is 2.28. The van der Waals surface area contributed by atoms with Crippen molar-refractivity contribution in [2.24, 2.45) is 0 Å². The summed E-state index contributed by atoms with van der Waals surface area (Å²) < 4.78 is 0. The Hall–Kier alpha value is -2.60. The molecule has 6 heteroatoms. The lowest BCUT2D eigenvalue weighted by molar-refractivity contribution is 1.12. The number of nitrogens with two attached hydrogens (primary N) is 1. The zero-order chi connectivity index (χ0) is 15.4. The second-order valence-corrected chi connectivity index (χ2v) is 5.83. The molecule has 0 saturated heterocycles. The van der Waals surface area contributed by atoms with E-state index in [0.29, 0.717) is 5.82 Å². The topological polar surface area (TPSA) is 76.7 Å². The molecule has 110 valence electrons. The minimum absolute atomic E-state index is 0.271. The van der Waals surface area contributed by atoms with Crippen LogP contribution in [0.3, 0.4) is 0 Å². The molecule has 0 saturated carbocycles.